The molecule has 2 aromatic carbocycles. The monoisotopic (exact) mass is 472 g/mol. The number of halogens is 3. The number of likely N-dealkylation sites (N-methyl/N-ethyl adjacent to an activating group) is 1. The maximum absolute atomic E-state index is 3.60. The van der Waals surface area contributed by atoms with Gasteiger partial charge in [0.2, 0.25) is 0 Å². The van der Waals surface area contributed by atoms with E-state index in [1.165, 1.54) is 16.8 Å². The molecule has 0 aliphatic carbocycles. The van der Waals surface area contributed by atoms with E-state index in [9.17, 15) is 0 Å². The Balaban J connectivity index is 1.77. The fourth-order valence-corrected chi connectivity index (χ4v) is 5.17. The van der Waals surface area contributed by atoms with E-state index in [0.29, 0.717) is 0 Å². The Kier molecular flexibility index (Phi) is 4.62. The van der Waals surface area contributed by atoms with E-state index >= 15 is 0 Å². The van der Waals surface area contributed by atoms with Gasteiger partial charge in [-0.3, -0.25) is 0 Å². The highest BCUT2D eigenvalue weighted by atomic mass is 79.9. The van der Waals surface area contributed by atoms with Gasteiger partial charge in [-0.1, -0.05) is 28.1 Å². The smallest absolute Gasteiger partial charge is 0.0632 e. The Morgan fingerprint density at radius 2 is 1.81 bits per heavy atom. The number of rotatable bonds is 3. The van der Waals surface area contributed by atoms with Crippen molar-refractivity contribution in [2.24, 2.45) is 0 Å². The summed E-state index contributed by atoms with van der Waals surface area (Å²) in [6.45, 7) is 1.94. The minimum absolute atomic E-state index is 0.815. The highest BCUT2D eigenvalue weighted by molar-refractivity contribution is 9.11. The molecule has 110 valence electrons. The van der Waals surface area contributed by atoms with E-state index in [4.69, 9.17) is 0 Å². The highest BCUT2D eigenvalue weighted by Crippen LogP contribution is 2.35. The topological polar surface area (TPSA) is 15.3 Å². The third-order valence-electron chi connectivity index (χ3n) is 3.75. The predicted octanol–water partition coefficient (Wildman–Crippen LogP) is 5.58. The molecule has 1 N–H and O–H groups in total. The van der Waals surface area contributed by atoms with Crippen LogP contribution in [0.4, 0.5) is 11.4 Å². The van der Waals surface area contributed by atoms with Gasteiger partial charge < -0.3 is 10.2 Å². The molecule has 0 fully saturated rings. The summed E-state index contributed by atoms with van der Waals surface area (Å²) in [5.41, 5.74) is 5.21. The number of anilines is 2. The standard InChI is InChI=1S/C16H15Br3N2/c1-21-5-4-11-6-10(2-3-15(11)21)9-20-16-13(18)7-12(17)8-14(16)19/h2-3,6-8,20H,4-5,9H2,1H3. The lowest BCUT2D eigenvalue weighted by atomic mass is 10.1. The van der Waals surface area contributed by atoms with Gasteiger partial charge in [0.15, 0.2) is 0 Å². The molecule has 0 bridgehead atoms. The van der Waals surface area contributed by atoms with Crippen LogP contribution in [0.3, 0.4) is 0 Å². The first-order valence-corrected chi connectivity index (χ1v) is 9.14. The molecule has 0 saturated heterocycles. The molecule has 2 nitrogen and oxygen atoms in total. The van der Waals surface area contributed by atoms with E-state index in [0.717, 1.165) is 38.6 Å². The summed E-state index contributed by atoms with van der Waals surface area (Å²) in [5.74, 6) is 0. The van der Waals surface area contributed by atoms with Gasteiger partial charge in [0.25, 0.3) is 0 Å². The van der Waals surface area contributed by atoms with Crippen LogP contribution in [0, 0.1) is 0 Å². The Morgan fingerprint density at radius 3 is 2.52 bits per heavy atom. The van der Waals surface area contributed by atoms with Gasteiger partial charge in [-0.15, -0.1) is 0 Å². The zero-order valence-electron chi connectivity index (χ0n) is 11.6. The SMILES string of the molecule is CN1CCc2cc(CNc3c(Br)cc(Br)cc3Br)ccc21. The van der Waals surface area contributed by atoms with E-state index in [-0.39, 0.29) is 0 Å². The number of hydrogen-bond donors (Lipinski definition) is 1. The minimum Gasteiger partial charge on any atom is -0.379 e. The summed E-state index contributed by atoms with van der Waals surface area (Å²) in [5, 5.41) is 3.50. The number of benzene rings is 2. The van der Waals surface area contributed by atoms with E-state index in [1.54, 1.807) is 0 Å². The van der Waals surface area contributed by atoms with Crippen LogP contribution in [0.25, 0.3) is 0 Å². The van der Waals surface area contributed by atoms with Crippen LogP contribution in [0.5, 0.6) is 0 Å². The van der Waals surface area contributed by atoms with Gasteiger partial charge in [-0.05, 0) is 67.6 Å². The van der Waals surface area contributed by atoms with Crippen LogP contribution < -0.4 is 10.2 Å². The first-order chi connectivity index (χ1) is 10.0. The van der Waals surface area contributed by atoms with Crippen molar-refractivity contribution in [3.63, 3.8) is 0 Å². The van der Waals surface area contributed by atoms with Crippen LogP contribution in [0.1, 0.15) is 11.1 Å². The molecular formula is C16H15Br3N2. The summed E-state index contributed by atoms with van der Waals surface area (Å²) in [6.07, 6.45) is 1.14. The third-order valence-corrected chi connectivity index (χ3v) is 5.46. The molecule has 2 aromatic rings. The normalized spacial score (nSPS) is 13.4. The fourth-order valence-electron chi connectivity index (χ4n) is 2.63. The van der Waals surface area contributed by atoms with Crippen molar-refractivity contribution in [3.8, 4) is 0 Å². The zero-order valence-corrected chi connectivity index (χ0v) is 16.3. The average molecular weight is 475 g/mol. The van der Waals surface area contributed by atoms with E-state index in [1.807, 2.05) is 12.1 Å². The summed E-state index contributed by atoms with van der Waals surface area (Å²) in [6, 6.07) is 10.8. The van der Waals surface area contributed by atoms with E-state index < -0.39 is 0 Å². The number of hydrogen-bond acceptors (Lipinski definition) is 2. The number of nitrogens with zero attached hydrogens (tertiary/aromatic N) is 1. The van der Waals surface area contributed by atoms with Crippen molar-refractivity contribution in [3.05, 3.63) is 54.9 Å². The third kappa shape index (κ3) is 3.30. The first-order valence-electron chi connectivity index (χ1n) is 6.76. The first kappa shape index (κ1) is 15.4. The highest BCUT2D eigenvalue weighted by Gasteiger charge is 2.15. The van der Waals surface area contributed by atoms with Gasteiger partial charge in [0, 0.05) is 39.2 Å². The molecule has 0 atom stereocenters. The van der Waals surface area contributed by atoms with Gasteiger partial charge in [-0.25, -0.2) is 0 Å². The van der Waals surface area contributed by atoms with Crippen molar-refractivity contribution in [1.29, 1.82) is 0 Å². The lowest BCUT2D eigenvalue weighted by molar-refractivity contribution is 0.955. The summed E-state index contributed by atoms with van der Waals surface area (Å²) >= 11 is 10.7. The lowest BCUT2D eigenvalue weighted by Gasteiger charge is -2.14. The zero-order chi connectivity index (χ0) is 15.0. The quantitative estimate of drug-likeness (QED) is 0.624. The van der Waals surface area contributed by atoms with E-state index in [2.05, 4.69) is 83.3 Å². The van der Waals surface area contributed by atoms with Gasteiger partial charge in [-0.2, -0.15) is 0 Å². The Labute approximate surface area is 150 Å². The lowest BCUT2D eigenvalue weighted by Crippen LogP contribution is -2.12. The second-order valence-corrected chi connectivity index (χ2v) is 7.86. The predicted molar refractivity (Wildman–Crippen MR) is 100 cm³/mol. The van der Waals surface area contributed by atoms with Gasteiger partial charge >= 0.3 is 0 Å². The van der Waals surface area contributed by atoms with Crippen molar-refractivity contribution < 1.29 is 0 Å². The van der Waals surface area contributed by atoms with Crippen LogP contribution in [-0.4, -0.2) is 13.6 Å². The summed E-state index contributed by atoms with van der Waals surface area (Å²) in [7, 11) is 2.15. The molecule has 5 heteroatoms. The molecule has 0 radical (unpaired) electrons. The van der Waals surface area contributed by atoms with Crippen molar-refractivity contribution >= 4 is 59.2 Å². The summed E-state index contributed by atoms with van der Waals surface area (Å²) < 4.78 is 3.14. The van der Waals surface area contributed by atoms with Gasteiger partial charge in [0.05, 0.1) is 5.69 Å². The molecule has 0 spiro atoms. The average Bonchev–Trinajstić information content (AvgIpc) is 2.79. The van der Waals surface area contributed by atoms with Gasteiger partial charge in [0.1, 0.15) is 0 Å². The second kappa shape index (κ2) is 6.31. The molecule has 1 aliphatic rings. The molecule has 3 rings (SSSR count). The molecule has 1 aliphatic heterocycles. The molecule has 0 saturated carbocycles. The molecular weight excluding hydrogens is 460 g/mol. The molecule has 0 unspecified atom stereocenters. The molecule has 0 aromatic heterocycles. The maximum atomic E-state index is 3.60. The van der Waals surface area contributed by atoms with Crippen LogP contribution >= 0.6 is 47.8 Å². The van der Waals surface area contributed by atoms with Crippen molar-refractivity contribution in [1.82, 2.24) is 0 Å². The molecule has 1 heterocycles. The Hall–Kier alpha value is -0.520. The van der Waals surface area contributed by atoms with Crippen LogP contribution in [0.2, 0.25) is 0 Å². The van der Waals surface area contributed by atoms with Crippen molar-refractivity contribution in [2.45, 2.75) is 13.0 Å². The Morgan fingerprint density at radius 1 is 1.10 bits per heavy atom. The largest absolute Gasteiger partial charge is 0.379 e. The molecule has 21 heavy (non-hydrogen) atoms. The number of fused-ring (bicyclic) bond motifs is 1. The number of nitrogens with one attached hydrogen (secondary N) is 1. The fraction of sp³-hybridized carbons (Fsp3) is 0.250. The molecule has 0 amide bonds. The summed E-state index contributed by atoms with van der Waals surface area (Å²) in [4.78, 5) is 2.31. The van der Waals surface area contributed by atoms with Crippen LogP contribution in [0.15, 0.2) is 43.7 Å². The van der Waals surface area contributed by atoms with Crippen LogP contribution in [-0.2, 0) is 13.0 Å². The minimum atomic E-state index is 0.815. The second-order valence-electron chi connectivity index (χ2n) is 5.23. The van der Waals surface area contributed by atoms with Crippen molar-refractivity contribution in [2.75, 3.05) is 23.8 Å². The Bertz CT molecular complexity index is 662. The maximum Gasteiger partial charge on any atom is 0.0632 e.